The highest BCUT2D eigenvalue weighted by atomic mass is 35.5. The zero-order chi connectivity index (χ0) is 13.7. The number of halogens is 1. The third kappa shape index (κ3) is 3.62. The third-order valence-corrected chi connectivity index (χ3v) is 3.09. The molecule has 0 spiro atoms. The van der Waals surface area contributed by atoms with Crippen LogP contribution in [0.4, 0.5) is 0 Å². The van der Waals surface area contributed by atoms with Crippen molar-refractivity contribution in [1.29, 1.82) is 0 Å². The molecule has 0 radical (unpaired) electrons. The number of methoxy groups -OCH3 is 1. The molecule has 1 unspecified atom stereocenters. The lowest BCUT2D eigenvalue weighted by Gasteiger charge is -2.17. The largest absolute Gasteiger partial charge is 0.495 e. The van der Waals surface area contributed by atoms with Gasteiger partial charge < -0.3 is 15.6 Å². The third-order valence-electron chi connectivity index (χ3n) is 2.81. The maximum atomic E-state index is 10.6. The minimum atomic E-state index is -0.859. The Morgan fingerprint density at radius 1 is 1.56 bits per heavy atom. The summed E-state index contributed by atoms with van der Waals surface area (Å²) in [5.74, 6) is -0.325. The summed E-state index contributed by atoms with van der Waals surface area (Å²) in [5.41, 5.74) is 7.83. The van der Waals surface area contributed by atoms with Crippen LogP contribution in [0, 0.1) is 0 Å². The summed E-state index contributed by atoms with van der Waals surface area (Å²) < 4.78 is 5.24. The predicted molar refractivity (Wildman–Crippen MR) is 71.2 cm³/mol. The van der Waals surface area contributed by atoms with Crippen LogP contribution < -0.4 is 10.5 Å². The molecular formula is C13H18ClNO3. The van der Waals surface area contributed by atoms with Crippen molar-refractivity contribution in [3.8, 4) is 5.75 Å². The van der Waals surface area contributed by atoms with Crippen molar-refractivity contribution in [2.24, 2.45) is 5.73 Å². The van der Waals surface area contributed by atoms with E-state index in [1.807, 2.05) is 19.1 Å². The maximum absolute atomic E-state index is 10.6. The first kappa shape index (κ1) is 14.8. The normalized spacial score (nSPS) is 12.2. The molecule has 0 aliphatic heterocycles. The molecule has 3 N–H and O–H groups in total. The van der Waals surface area contributed by atoms with Gasteiger partial charge in [0.1, 0.15) is 5.75 Å². The topological polar surface area (TPSA) is 72.5 Å². The van der Waals surface area contributed by atoms with Crippen molar-refractivity contribution in [2.45, 2.75) is 32.2 Å². The minimum Gasteiger partial charge on any atom is -0.495 e. The average molecular weight is 272 g/mol. The van der Waals surface area contributed by atoms with Gasteiger partial charge in [0, 0.05) is 18.0 Å². The average Bonchev–Trinajstić information content (AvgIpc) is 2.34. The Bertz CT molecular complexity index is 434. The van der Waals surface area contributed by atoms with E-state index in [4.69, 9.17) is 27.2 Å². The number of rotatable bonds is 6. The van der Waals surface area contributed by atoms with Gasteiger partial charge in [0.2, 0.25) is 0 Å². The second-order valence-corrected chi connectivity index (χ2v) is 4.50. The molecule has 0 amide bonds. The molecule has 1 aromatic carbocycles. The van der Waals surface area contributed by atoms with E-state index in [0.717, 1.165) is 17.5 Å². The van der Waals surface area contributed by atoms with Gasteiger partial charge in [-0.15, -0.1) is 0 Å². The van der Waals surface area contributed by atoms with E-state index in [1.54, 1.807) is 0 Å². The summed E-state index contributed by atoms with van der Waals surface area (Å²) in [6.07, 6.45) is 1.22. The number of aryl methyl sites for hydroxylation is 1. The van der Waals surface area contributed by atoms with Crippen LogP contribution in [0.25, 0.3) is 0 Å². The number of ether oxygens (including phenoxy) is 1. The Morgan fingerprint density at radius 2 is 2.22 bits per heavy atom. The van der Waals surface area contributed by atoms with Crippen LogP contribution in [0.15, 0.2) is 12.1 Å². The Hall–Kier alpha value is -1.26. The second-order valence-electron chi connectivity index (χ2n) is 4.09. The predicted octanol–water partition coefficient (Wildman–Crippen LogP) is 2.78. The second kappa shape index (κ2) is 6.61. The molecule has 0 aliphatic rings. The molecule has 18 heavy (non-hydrogen) atoms. The van der Waals surface area contributed by atoms with Gasteiger partial charge in [0.25, 0.3) is 0 Å². The molecule has 0 aliphatic carbocycles. The fourth-order valence-electron chi connectivity index (χ4n) is 1.80. The van der Waals surface area contributed by atoms with Crippen molar-refractivity contribution in [3.63, 3.8) is 0 Å². The van der Waals surface area contributed by atoms with Crippen molar-refractivity contribution < 1.29 is 14.6 Å². The van der Waals surface area contributed by atoms with E-state index in [1.165, 1.54) is 7.11 Å². The van der Waals surface area contributed by atoms with Crippen molar-refractivity contribution in [3.05, 3.63) is 28.3 Å². The van der Waals surface area contributed by atoms with Crippen molar-refractivity contribution in [1.82, 2.24) is 0 Å². The molecule has 0 fully saturated rings. The van der Waals surface area contributed by atoms with Gasteiger partial charge in [-0.05, 0) is 24.5 Å². The van der Waals surface area contributed by atoms with Crippen LogP contribution in [0.1, 0.15) is 36.9 Å². The molecule has 0 bridgehead atoms. The number of carboxylic acid groups (broad SMARTS) is 1. The highest BCUT2D eigenvalue weighted by Crippen LogP contribution is 2.34. The molecular weight excluding hydrogens is 254 g/mol. The quantitative estimate of drug-likeness (QED) is 0.834. The lowest BCUT2D eigenvalue weighted by atomic mass is 9.98. The molecule has 1 aromatic rings. The summed E-state index contributed by atoms with van der Waals surface area (Å²) in [7, 11) is 1.53. The van der Waals surface area contributed by atoms with Gasteiger partial charge in [-0.3, -0.25) is 4.79 Å². The number of benzene rings is 1. The molecule has 0 saturated carbocycles. The van der Waals surface area contributed by atoms with Crippen LogP contribution >= 0.6 is 11.6 Å². The first-order valence-electron chi connectivity index (χ1n) is 5.83. The molecule has 0 heterocycles. The zero-order valence-corrected chi connectivity index (χ0v) is 11.3. The van der Waals surface area contributed by atoms with E-state index < -0.39 is 5.97 Å². The Balaban J connectivity index is 3.04. The molecule has 4 nitrogen and oxygen atoms in total. The number of hydrogen-bond acceptors (Lipinski definition) is 3. The maximum Gasteiger partial charge on any atom is 0.303 e. The number of nitrogens with two attached hydrogens (primary N) is 1. The summed E-state index contributed by atoms with van der Waals surface area (Å²) in [5, 5.41) is 9.19. The summed E-state index contributed by atoms with van der Waals surface area (Å²) in [4.78, 5) is 10.6. The van der Waals surface area contributed by atoms with E-state index in [9.17, 15) is 4.79 Å². The first-order chi connectivity index (χ1) is 8.49. The van der Waals surface area contributed by atoms with Crippen LogP contribution in [0.5, 0.6) is 5.75 Å². The smallest absolute Gasteiger partial charge is 0.303 e. The lowest BCUT2D eigenvalue weighted by Crippen LogP contribution is -2.14. The number of carboxylic acids is 1. The molecule has 100 valence electrons. The van der Waals surface area contributed by atoms with Crippen LogP contribution in [-0.4, -0.2) is 18.2 Å². The Labute approximate surface area is 112 Å². The molecule has 0 saturated heterocycles. The molecule has 0 aromatic heterocycles. The zero-order valence-electron chi connectivity index (χ0n) is 10.6. The van der Waals surface area contributed by atoms with Crippen LogP contribution in [0.2, 0.25) is 5.02 Å². The highest BCUT2D eigenvalue weighted by Gasteiger charge is 2.17. The number of hydrogen-bond donors (Lipinski definition) is 2. The molecule has 1 rings (SSSR count). The fraction of sp³-hybridized carbons (Fsp3) is 0.462. The highest BCUT2D eigenvalue weighted by molar-refractivity contribution is 6.32. The van der Waals surface area contributed by atoms with Gasteiger partial charge >= 0.3 is 5.97 Å². The fourth-order valence-corrected chi connectivity index (χ4v) is 2.13. The Morgan fingerprint density at radius 3 is 2.72 bits per heavy atom. The van der Waals surface area contributed by atoms with Gasteiger partial charge in [-0.1, -0.05) is 24.6 Å². The summed E-state index contributed by atoms with van der Waals surface area (Å²) >= 11 is 6.12. The summed E-state index contributed by atoms with van der Waals surface area (Å²) in [6, 6.07) is 3.38. The van der Waals surface area contributed by atoms with E-state index >= 15 is 0 Å². The van der Waals surface area contributed by atoms with Gasteiger partial charge in [0.05, 0.1) is 12.1 Å². The monoisotopic (exact) mass is 271 g/mol. The standard InChI is InChI=1S/C13H18ClNO3/c1-3-8-6-9(11(15)4-5-12(16)17)13(18-2)10(14)7-8/h6-7,11H,3-5,15H2,1-2H3,(H,16,17). The van der Waals surface area contributed by atoms with E-state index in [2.05, 4.69) is 0 Å². The van der Waals surface area contributed by atoms with Gasteiger partial charge in [-0.2, -0.15) is 0 Å². The molecule has 1 atom stereocenters. The van der Waals surface area contributed by atoms with E-state index in [0.29, 0.717) is 17.2 Å². The SMILES string of the molecule is CCc1cc(Cl)c(OC)c(C(N)CCC(=O)O)c1. The van der Waals surface area contributed by atoms with Gasteiger partial charge in [0.15, 0.2) is 0 Å². The number of carbonyl (C=O) groups is 1. The van der Waals surface area contributed by atoms with Crippen LogP contribution in [-0.2, 0) is 11.2 Å². The van der Waals surface area contributed by atoms with Gasteiger partial charge in [-0.25, -0.2) is 0 Å². The van der Waals surface area contributed by atoms with E-state index in [-0.39, 0.29) is 12.5 Å². The lowest BCUT2D eigenvalue weighted by molar-refractivity contribution is -0.137. The minimum absolute atomic E-state index is 0.0261. The molecule has 5 heteroatoms. The first-order valence-corrected chi connectivity index (χ1v) is 6.21. The van der Waals surface area contributed by atoms with Crippen LogP contribution in [0.3, 0.4) is 0 Å². The number of aliphatic carboxylic acids is 1. The van der Waals surface area contributed by atoms with Crippen molar-refractivity contribution in [2.75, 3.05) is 7.11 Å². The van der Waals surface area contributed by atoms with Crippen molar-refractivity contribution >= 4 is 17.6 Å². The summed E-state index contributed by atoms with van der Waals surface area (Å²) in [6.45, 7) is 2.02. The Kier molecular flexibility index (Phi) is 5.44.